The first-order valence-corrected chi connectivity index (χ1v) is 6.75. The molecule has 104 valence electrons. The van der Waals surface area contributed by atoms with Gasteiger partial charge in [0.2, 0.25) is 0 Å². The molecule has 0 radical (unpaired) electrons. The van der Waals surface area contributed by atoms with Crippen LogP contribution in [0.4, 0.5) is 0 Å². The van der Waals surface area contributed by atoms with Crippen molar-refractivity contribution in [2.24, 2.45) is 0 Å². The molecule has 20 heavy (non-hydrogen) atoms. The van der Waals surface area contributed by atoms with Crippen molar-refractivity contribution in [1.82, 2.24) is 9.97 Å². The highest BCUT2D eigenvalue weighted by Gasteiger charge is 2.11. The molecule has 0 aliphatic carbocycles. The number of carboxylic acid groups (broad SMARTS) is 1. The van der Waals surface area contributed by atoms with Crippen LogP contribution < -0.4 is 0 Å². The van der Waals surface area contributed by atoms with E-state index in [2.05, 4.69) is 16.9 Å². The maximum absolute atomic E-state index is 11.0. The molecule has 0 amide bonds. The van der Waals surface area contributed by atoms with Crippen LogP contribution in [0.1, 0.15) is 35.0 Å². The molecule has 5 heteroatoms. The van der Waals surface area contributed by atoms with Gasteiger partial charge in [0, 0.05) is 10.6 Å². The summed E-state index contributed by atoms with van der Waals surface area (Å²) in [4.78, 5) is 18.8. The van der Waals surface area contributed by atoms with Gasteiger partial charge in [-0.05, 0) is 42.7 Å². The second-order valence-corrected chi connectivity index (χ2v) is 4.99. The first-order chi connectivity index (χ1) is 9.52. The van der Waals surface area contributed by atoms with Gasteiger partial charge in [0.15, 0.2) is 5.69 Å². The summed E-state index contributed by atoms with van der Waals surface area (Å²) in [6.45, 7) is 4.09. The largest absolute Gasteiger partial charge is 0.477 e. The van der Waals surface area contributed by atoms with Crippen molar-refractivity contribution in [1.29, 1.82) is 0 Å². The van der Waals surface area contributed by atoms with Crippen LogP contribution >= 0.6 is 11.6 Å². The quantitative estimate of drug-likeness (QED) is 0.931. The van der Waals surface area contributed by atoms with Crippen molar-refractivity contribution < 1.29 is 9.90 Å². The van der Waals surface area contributed by atoms with Crippen molar-refractivity contribution in [2.45, 2.75) is 26.7 Å². The summed E-state index contributed by atoms with van der Waals surface area (Å²) in [6.07, 6.45) is 3.20. The zero-order chi connectivity index (χ0) is 14.7. The summed E-state index contributed by atoms with van der Waals surface area (Å²) in [5, 5.41) is 9.65. The van der Waals surface area contributed by atoms with E-state index in [1.165, 1.54) is 12.4 Å². The van der Waals surface area contributed by atoms with Gasteiger partial charge in [-0.2, -0.15) is 0 Å². The molecule has 0 atom stereocenters. The SMILES string of the molecule is CCCc1cc(-c2cc(C(=O)O)ncn2)cc(Cl)c1C. The van der Waals surface area contributed by atoms with Crippen LogP contribution in [0.5, 0.6) is 0 Å². The van der Waals surface area contributed by atoms with Gasteiger partial charge in [-0.25, -0.2) is 14.8 Å². The van der Waals surface area contributed by atoms with Crippen molar-refractivity contribution in [3.63, 3.8) is 0 Å². The molecule has 1 N–H and O–H groups in total. The predicted molar refractivity (Wildman–Crippen MR) is 78.2 cm³/mol. The van der Waals surface area contributed by atoms with Crippen molar-refractivity contribution in [2.75, 3.05) is 0 Å². The number of halogens is 1. The van der Waals surface area contributed by atoms with Gasteiger partial charge in [0.05, 0.1) is 5.69 Å². The number of aromatic nitrogens is 2. The summed E-state index contributed by atoms with van der Waals surface area (Å²) in [6, 6.07) is 5.28. The van der Waals surface area contributed by atoms with Gasteiger partial charge in [-0.1, -0.05) is 24.9 Å². The summed E-state index contributed by atoms with van der Waals surface area (Å²) in [5.74, 6) is -1.07. The van der Waals surface area contributed by atoms with E-state index in [0.29, 0.717) is 10.7 Å². The van der Waals surface area contributed by atoms with Crippen LogP contribution in [0.15, 0.2) is 24.5 Å². The van der Waals surface area contributed by atoms with Crippen LogP contribution in [0.25, 0.3) is 11.3 Å². The fourth-order valence-corrected chi connectivity index (χ4v) is 2.28. The predicted octanol–water partition coefficient (Wildman–Crippen LogP) is 3.76. The van der Waals surface area contributed by atoms with E-state index in [1.807, 2.05) is 19.1 Å². The molecule has 4 nitrogen and oxygen atoms in total. The molecule has 0 bridgehead atoms. The first kappa shape index (κ1) is 14.5. The fraction of sp³-hybridized carbons (Fsp3) is 0.267. The van der Waals surface area contributed by atoms with Gasteiger partial charge in [-0.15, -0.1) is 0 Å². The number of hydrogen-bond donors (Lipinski definition) is 1. The number of aromatic carboxylic acids is 1. The molecule has 0 aliphatic heterocycles. The Balaban J connectivity index is 2.52. The highest BCUT2D eigenvalue weighted by molar-refractivity contribution is 6.31. The molecule has 0 saturated carbocycles. The minimum Gasteiger partial charge on any atom is -0.477 e. The molecule has 0 aliphatic rings. The number of hydrogen-bond acceptors (Lipinski definition) is 3. The summed E-state index contributed by atoms with van der Waals surface area (Å²) < 4.78 is 0. The van der Waals surface area contributed by atoms with E-state index >= 15 is 0 Å². The lowest BCUT2D eigenvalue weighted by Gasteiger charge is -2.10. The number of carboxylic acids is 1. The van der Waals surface area contributed by atoms with Gasteiger partial charge in [-0.3, -0.25) is 0 Å². The lowest BCUT2D eigenvalue weighted by Crippen LogP contribution is -2.01. The maximum Gasteiger partial charge on any atom is 0.354 e. The molecular formula is C15H15ClN2O2. The number of nitrogens with zero attached hydrogens (tertiary/aromatic N) is 2. The second kappa shape index (κ2) is 6.01. The second-order valence-electron chi connectivity index (χ2n) is 4.59. The van der Waals surface area contributed by atoms with E-state index in [9.17, 15) is 4.79 Å². The van der Waals surface area contributed by atoms with Gasteiger partial charge >= 0.3 is 5.97 Å². The standard InChI is InChI=1S/C15H15ClN2O2/c1-3-4-10-5-11(6-12(16)9(10)2)13-7-14(15(19)20)18-8-17-13/h5-8H,3-4H2,1-2H3,(H,19,20). The zero-order valence-electron chi connectivity index (χ0n) is 11.4. The Morgan fingerprint density at radius 3 is 2.70 bits per heavy atom. The van der Waals surface area contributed by atoms with E-state index in [0.717, 1.165) is 29.5 Å². The van der Waals surface area contributed by atoms with Crippen LogP contribution in [-0.2, 0) is 6.42 Å². The Kier molecular flexibility index (Phi) is 4.35. The first-order valence-electron chi connectivity index (χ1n) is 6.37. The molecule has 1 aromatic carbocycles. The summed E-state index contributed by atoms with van der Waals surface area (Å²) >= 11 is 6.25. The average Bonchev–Trinajstić information content (AvgIpc) is 2.44. The highest BCUT2D eigenvalue weighted by atomic mass is 35.5. The molecule has 2 aromatic rings. The van der Waals surface area contributed by atoms with Crippen molar-refractivity contribution >= 4 is 17.6 Å². The van der Waals surface area contributed by atoms with E-state index in [4.69, 9.17) is 16.7 Å². The number of aryl methyl sites for hydroxylation is 1. The zero-order valence-corrected chi connectivity index (χ0v) is 12.1. The Morgan fingerprint density at radius 1 is 1.30 bits per heavy atom. The minimum atomic E-state index is -1.07. The fourth-order valence-electron chi connectivity index (χ4n) is 2.04. The lowest BCUT2D eigenvalue weighted by molar-refractivity contribution is 0.0690. The number of carbonyl (C=O) groups is 1. The Bertz CT molecular complexity index is 656. The molecule has 1 heterocycles. The average molecular weight is 291 g/mol. The van der Waals surface area contributed by atoms with Crippen molar-refractivity contribution in [3.05, 3.63) is 46.4 Å². The molecular weight excluding hydrogens is 276 g/mol. The summed E-state index contributed by atoms with van der Waals surface area (Å²) in [7, 11) is 0. The van der Waals surface area contributed by atoms with E-state index in [-0.39, 0.29) is 5.69 Å². The summed E-state index contributed by atoms with van der Waals surface area (Å²) in [5.41, 5.74) is 3.57. The molecule has 0 saturated heterocycles. The van der Waals surface area contributed by atoms with Gasteiger partial charge in [0.25, 0.3) is 0 Å². The van der Waals surface area contributed by atoms with E-state index < -0.39 is 5.97 Å². The Morgan fingerprint density at radius 2 is 2.05 bits per heavy atom. The topological polar surface area (TPSA) is 63.1 Å². The molecule has 2 rings (SSSR count). The van der Waals surface area contributed by atoms with Gasteiger partial charge in [0.1, 0.15) is 6.33 Å². The highest BCUT2D eigenvalue weighted by Crippen LogP contribution is 2.28. The third-order valence-electron chi connectivity index (χ3n) is 3.15. The third-order valence-corrected chi connectivity index (χ3v) is 3.55. The van der Waals surface area contributed by atoms with Crippen LogP contribution in [0.2, 0.25) is 5.02 Å². The van der Waals surface area contributed by atoms with Crippen LogP contribution in [-0.4, -0.2) is 21.0 Å². The lowest BCUT2D eigenvalue weighted by atomic mass is 9.99. The smallest absolute Gasteiger partial charge is 0.354 e. The number of rotatable bonds is 4. The maximum atomic E-state index is 11.0. The molecule has 0 fully saturated rings. The van der Waals surface area contributed by atoms with E-state index in [1.54, 1.807) is 0 Å². The normalized spacial score (nSPS) is 10.6. The van der Waals surface area contributed by atoms with Crippen LogP contribution in [0.3, 0.4) is 0 Å². The molecule has 1 aromatic heterocycles. The van der Waals surface area contributed by atoms with Crippen molar-refractivity contribution in [3.8, 4) is 11.3 Å². The molecule has 0 unspecified atom stereocenters. The third kappa shape index (κ3) is 2.96. The van der Waals surface area contributed by atoms with Gasteiger partial charge < -0.3 is 5.11 Å². The minimum absolute atomic E-state index is 0.0243. The Labute approximate surface area is 122 Å². The Hall–Kier alpha value is -1.94. The molecule has 0 spiro atoms. The number of benzene rings is 1. The monoisotopic (exact) mass is 290 g/mol. The van der Waals surface area contributed by atoms with Crippen LogP contribution in [0, 0.1) is 6.92 Å².